The quantitative estimate of drug-likeness (QED) is 0.163. The van der Waals surface area contributed by atoms with Crippen molar-refractivity contribution in [3.05, 3.63) is 247 Å². The van der Waals surface area contributed by atoms with Gasteiger partial charge in [0, 0.05) is 64.0 Å². The molecule has 3 aliphatic heterocycles. The molecule has 0 aliphatic carbocycles. The highest BCUT2D eigenvalue weighted by atomic mass is 32.1. The lowest BCUT2D eigenvalue weighted by Crippen LogP contribution is -2.62. The van der Waals surface area contributed by atoms with Gasteiger partial charge < -0.3 is 9.71 Å². The Bertz CT molecular complexity index is 3930. The van der Waals surface area contributed by atoms with Gasteiger partial charge in [0.05, 0.1) is 15.8 Å². The molecule has 0 bridgehead atoms. The average Bonchev–Trinajstić information content (AvgIpc) is 3.96. The number of hydrogen-bond acceptors (Lipinski definition) is 4. The van der Waals surface area contributed by atoms with E-state index in [9.17, 15) is 0 Å². The highest BCUT2D eigenvalue weighted by molar-refractivity contribution is 7.27. The fourth-order valence-electron chi connectivity index (χ4n) is 12.1. The van der Waals surface area contributed by atoms with E-state index in [2.05, 4.69) is 234 Å². The molecule has 0 amide bonds. The minimum atomic E-state index is -0.591. The first-order chi connectivity index (χ1) is 32.8. The maximum atomic E-state index is 2.74. The zero-order chi connectivity index (χ0) is 43.1. The molecular weight excluding hydrogens is 836 g/mol. The number of rotatable bonds is 4. The predicted molar refractivity (Wildman–Crippen MR) is 283 cm³/mol. The van der Waals surface area contributed by atoms with Crippen molar-refractivity contribution in [2.24, 2.45) is 0 Å². The lowest BCUT2D eigenvalue weighted by atomic mass is 9.42. The molecule has 15 rings (SSSR count). The van der Waals surface area contributed by atoms with Gasteiger partial charge in [0.2, 0.25) is 0 Å². The third-order valence-corrected chi connectivity index (χ3v) is 17.0. The summed E-state index contributed by atoms with van der Waals surface area (Å²) in [6, 6.07) is 84.6. The number of nitrogens with zero attached hydrogens (tertiary/aromatic N) is 2. The van der Waals surface area contributed by atoms with E-state index in [0.717, 1.165) is 0 Å². The van der Waals surface area contributed by atoms with Gasteiger partial charge in [0.25, 0.3) is 0 Å². The summed E-state index contributed by atoms with van der Waals surface area (Å²) in [7, 11) is 0. The maximum Gasteiger partial charge on any atom is 0.333 e. The molecule has 2 aromatic heterocycles. The molecule has 10 aromatic carbocycles. The fourth-order valence-corrected chi connectivity index (χ4v) is 14.5. The first-order valence-electron chi connectivity index (χ1n) is 22.8. The number of hydrogen-bond donors (Lipinski definition) is 0. The molecule has 0 saturated carbocycles. The van der Waals surface area contributed by atoms with Crippen LogP contribution >= 0.6 is 22.7 Å². The Balaban J connectivity index is 1.14. The molecule has 0 N–H and O–H groups in total. The highest BCUT2D eigenvalue weighted by Crippen LogP contribution is 2.60. The molecular formula is C61H37BN2S2. The third-order valence-electron chi connectivity index (χ3n) is 14.7. The SMILES string of the molecule is c1ccc(-c2ccc3c(c2)N(c2cccc4c2sc2ccccc24)B2c4cccc5c4N(c4ccccc4C5(c4ccccc4)c4ccccc4)c4cc5sc6ccccc6c5c-3c42)cc1. The molecule has 0 fully saturated rings. The van der Waals surface area contributed by atoms with Crippen LogP contribution in [0.4, 0.5) is 28.4 Å². The normalized spacial score (nSPS) is 14.1. The Morgan fingerprint density at radius 3 is 1.82 bits per heavy atom. The summed E-state index contributed by atoms with van der Waals surface area (Å²) < 4.78 is 5.24. The predicted octanol–water partition coefficient (Wildman–Crippen LogP) is 15.5. The molecule has 0 radical (unpaired) electrons. The van der Waals surface area contributed by atoms with Crippen molar-refractivity contribution >= 4 is 109 Å². The smallest absolute Gasteiger partial charge is 0.333 e. The van der Waals surface area contributed by atoms with Gasteiger partial charge in [-0.3, -0.25) is 0 Å². The van der Waals surface area contributed by atoms with Crippen LogP contribution in [0.3, 0.4) is 0 Å². The lowest BCUT2D eigenvalue weighted by molar-refractivity contribution is 0.732. The van der Waals surface area contributed by atoms with Gasteiger partial charge in [-0.05, 0) is 86.3 Å². The molecule has 3 aliphatic rings. The molecule has 0 atom stereocenters. The Morgan fingerprint density at radius 1 is 0.409 bits per heavy atom. The average molecular weight is 873 g/mol. The van der Waals surface area contributed by atoms with E-state index in [-0.39, 0.29) is 6.85 Å². The van der Waals surface area contributed by atoms with Gasteiger partial charge in [0.15, 0.2) is 0 Å². The summed E-state index contributed by atoms with van der Waals surface area (Å²) >= 11 is 3.83. The number of para-hydroxylation sites is 2. The topological polar surface area (TPSA) is 6.48 Å². The number of benzene rings is 10. The molecule has 0 spiro atoms. The van der Waals surface area contributed by atoms with E-state index in [4.69, 9.17) is 0 Å². The van der Waals surface area contributed by atoms with Crippen molar-refractivity contribution in [1.29, 1.82) is 0 Å². The van der Waals surface area contributed by atoms with Crippen LogP contribution in [0.1, 0.15) is 22.3 Å². The number of thiophene rings is 2. The summed E-state index contributed by atoms with van der Waals surface area (Å²) in [6.07, 6.45) is 0. The maximum absolute atomic E-state index is 2.74. The van der Waals surface area contributed by atoms with Gasteiger partial charge in [-0.1, -0.05) is 188 Å². The summed E-state index contributed by atoms with van der Waals surface area (Å²) in [4.78, 5) is 5.40. The van der Waals surface area contributed by atoms with Crippen LogP contribution in [0.2, 0.25) is 0 Å². The molecule has 66 heavy (non-hydrogen) atoms. The molecule has 12 aromatic rings. The van der Waals surface area contributed by atoms with Crippen molar-refractivity contribution in [1.82, 2.24) is 0 Å². The molecule has 0 unspecified atom stereocenters. The zero-order valence-electron chi connectivity index (χ0n) is 35.7. The van der Waals surface area contributed by atoms with Crippen LogP contribution in [-0.4, -0.2) is 6.85 Å². The Hall–Kier alpha value is -7.70. The Labute approximate surface area is 391 Å². The van der Waals surface area contributed by atoms with E-state index in [1.54, 1.807) is 0 Å². The van der Waals surface area contributed by atoms with Gasteiger partial charge in [-0.2, -0.15) is 0 Å². The van der Waals surface area contributed by atoms with Crippen LogP contribution in [0.15, 0.2) is 224 Å². The van der Waals surface area contributed by atoms with Crippen molar-refractivity contribution in [2.75, 3.05) is 9.71 Å². The molecule has 0 saturated heterocycles. The van der Waals surface area contributed by atoms with Gasteiger partial charge >= 0.3 is 6.85 Å². The third kappa shape index (κ3) is 4.76. The van der Waals surface area contributed by atoms with Crippen LogP contribution in [0.25, 0.3) is 62.6 Å². The Kier molecular flexibility index (Phi) is 7.58. The first-order valence-corrected chi connectivity index (χ1v) is 24.4. The lowest BCUT2D eigenvalue weighted by Gasteiger charge is -2.52. The van der Waals surface area contributed by atoms with E-state index in [1.165, 1.54) is 124 Å². The van der Waals surface area contributed by atoms with E-state index < -0.39 is 5.41 Å². The minimum Gasteiger partial charge on any atom is -0.375 e. The standard InChI is InChI=1S/C61H37BN2S2/c1-4-18-38(19-5-1)39-34-35-44-51(36-39)64(50-31-16-26-43-42-24-10-14-32-53(42)66-60(43)50)62-48-29-17-28-47-59(48)63(52-37-55-56(57(44)58(52)62)45-25-11-15-33-54(45)65-55)49-30-13-12-27-46(49)61(47,40-20-6-2-7-21-40)41-22-8-3-9-23-41/h1-37H. The van der Waals surface area contributed by atoms with Crippen molar-refractivity contribution in [3.63, 3.8) is 0 Å². The Morgan fingerprint density at radius 2 is 1.03 bits per heavy atom. The summed E-state index contributed by atoms with van der Waals surface area (Å²) in [5.41, 5.74) is 18.4. The van der Waals surface area contributed by atoms with Crippen molar-refractivity contribution < 1.29 is 0 Å². The minimum absolute atomic E-state index is 0.159. The summed E-state index contributed by atoms with van der Waals surface area (Å²) in [5, 5.41) is 5.27. The number of anilines is 5. The van der Waals surface area contributed by atoms with Crippen molar-refractivity contribution in [2.45, 2.75) is 5.41 Å². The van der Waals surface area contributed by atoms with Crippen LogP contribution in [-0.2, 0) is 5.41 Å². The molecule has 5 heterocycles. The van der Waals surface area contributed by atoms with Gasteiger partial charge in [0.1, 0.15) is 0 Å². The van der Waals surface area contributed by atoms with E-state index in [1.807, 2.05) is 22.7 Å². The molecule has 2 nitrogen and oxygen atoms in total. The van der Waals surface area contributed by atoms with Crippen LogP contribution < -0.4 is 20.6 Å². The summed E-state index contributed by atoms with van der Waals surface area (Å²) in [5.74, 6) is 0. The molecule has 5 heteroatoms. The second-order valence-electron chi connectivity index (χ2n) is 17.9. The fraction of sp³-hybridized carbons (Fsp3) is 0.0164. The van der Waals surface area contributed by atoms with Crippen LogP contribution in [0.5, 0.6) is 0 Å². The molecule has 306 valence electrons. The second kappa shape index (κ2) is 13.7. The first kappa shape index (κ1) is 36.6. The van der Waals surface area contributed by atoms with Crippen molar-refractivity contribution in [3.8, 4) is 22.3 Å². The zero-order valence-corrected chi connectivity index (χ0v) is 37.3. The monoisotopic (exact) mass is 872 g/mol. The highest BCUT2D eigenvalue weighted by Gasteiger charge is 2.53. The van der Waals surface area contributed by atoms with E-state index >= 15 is 0 Å². The van der Waals surface area contributed by atoms with Gasteiger partial charge in [-0.25, -0.2) is 0 Å². The second-order valence-corrected chi connectivity index (χ2v) is 20.0. The number of fused-ring (bicyclic) bond motifs is 13. The van der Waals surface area contributed by atoms with E-state index in [0.29, 0.717) is 0 Å². The summed E-state index contributed by atoms with van der Waals surface area (Å²) in [6.45, 7) is -0.159. The largest absolute Gasteiger partial charge is 0.375 e. The van der Waals surface area contributed by atoms with Gasteiger partial charge in [-0.15, -0.1) is 22.7 Å². The van der Waals surface area contributed by atoms with Crippen LogP contribution in [0, 0.1) is 0 Å².